The van der Waals surface area contributed by atoms with Crippen molar-refractivity contribution in [3.63, 3.8) is 0 Å². The molecule has 180 valence electrons. The SMILES string of the molecule is C=C/C=C(\C=C)C1C(C=O)=CNC2=C1S(=O)(=O)c1ccccc1OC2.CC.COC(C)(C)C. The maximum atomic E-state index is 13.3. The summed E-state index contributed by atoms with van der Waals surface area (Å²) in [5.74, 6) is -0.470. The molecule has 7 heteroatoms. The van der Waals surface area contributed by atoms with Crippen molar-refractivity contribution in [2.24, 2.45) is 5.92 Å². The van der Waals surface area contributed by atoms with Crippen molar-refractivity contribution in [3.05, 3.63) is 83.6 Å². The number of ether oxygens (including phenoxy) is 2. The van der Waals surface area contributed by atoms with Crippen molar-refractivity contribution in [2.75, 3.05) is 13.7 Å². The number of hydrogen-bond acceptors (Lipinski definition) is 6. The molecule has 1 aromatic carbocycles. The molecule has 0 fully saturated rings. The molecule has 0 saturated carbocycles. The Labute approximate surface area is 198 Å². The summed E-state index contributed by atoms with van der Waals surface area (Å²) in [7, 11) is -2.17. The van der Waals surface area contributed by atoms with Crippen LogP contribution in [0.15, 0.2) is 88.5 Å². The normalized spacial score (nSPS) is 18.7. The lowest BCUT2D eigenvalue weighted by Crippen LogP contribution is -2.29. The van der Waals surface area contributed by atoms with E-state index in [4.69, 9.17) is 9.47 Å². The number of dihydropyridines is 1. The summed E-state index contributed by atoms with van der Waals surface area (Å²) in [6.07, 6.45) is 6.88. The summed E-state index contributed by atoms with van der Waals surface area (Å²) in [6, 6.07) is 6.47. The predicted molar refractivity (Wildman–Crippen MR) is 134 cm³/mol. The summed E-state index contributed by atoms with van der Waals surface area (Å²) >= 11 is 0. The molecule has 0 aliphatic carbocycles. The first-order chi connectivity index (χ1) is 15.6. The second-order valence-electron chi connectivity index (χ2n) is 7.84. The predicted octanol–water partition coefficient (Wildman–Crippen LogP) is 5.12. The molecule has 0 aromatic heterocycles. The molecular weight excluding hydrogens is 438 g/mol. The number of sulfone groups is 1. The van der Waals surface area contributed by atoms with Crippen LogP contribution in [0.2, 0.25) is 0 Å². The fourth-order valence-corrected chi connectivity index (χ4v) is 4.92. The topological polar surface area (TPSA) is 81.7 Å². The zero-order valence-corrected chi connectivity index (χ0v) is 21.2. The Kier molecular flexibility index (Phi) is 10.5. The molecule has 1 atom stereocenters. The molecule has 0 amide bonds. The van der Waals surface area contributed by atoms with Gasteiger partial charge in [-0.15, -0.1) is 0 Å². The van der Waals surface area contributed by atoms with Gasteiger partial charge in [-0.3, -0.25) is 4.79 Å². The van der Waals surface area contributed by atoms with Crippen molar-refractivity contribution < 1.29 is 22.7 Å². The maximum absolute atomic E-state index is 13.3. The average molecular weight is 474 g/mol. The van der Waals surface area contributed by atoms with Gasteiger partial charge in [-0.1, -0.05) is 57.4 Å². The van der Waals surface area contributed by atoms with Gasteiger partial charge >= 0.3 is 0 Å². The van der Waals surface area contributed by atoms with Crippen LogP contribution in [0.3, 0.4) is 0 Å². The van der Waals surface area contributed by atoms with Crippen LogP contribution in [0.5, 0.6) is 5.75 Å². The number of methoxy groups -OCH3 is 1. The molecule has 2 heterocycles. The van der Waals surface area contributed by atoms with Gasteiger partial charge in [0.1, 0.15) is 23.5 Å². The first-order valence-corrected chi connectivity index (χ1v) is 12.2. The molecule has 1 N–H and O–H groups in total. The minimum atomic E-state index is -3.88. The Morgan fingerprint density at radius 3 is 2.33 bits per heavy atom. The smallest absolute Gasteiger partial charge is 0.209 e. The number of fused-ring (bicyclic) bond motifs is 1. The number of carbonyl (C=O) groups is 1. The van der Waals surface area contributed by atoms with Crippen LogP contribution in [0.25, 0.3) is 0 Å². The number of hydrogen-bond donors (Lipinski definition) is 1. The van der Waals surface area contributed by atoms with E-state index in [1.807, 2.05) is 34.6 Å². The van der Waals surface area contributed by atoms with E-state index in [0.717, 1.165) is 0 Å². The lowest BCUT2D eigenvalue weighted by atomic mass is 9.88. The van der Waals surface area contributed by atoms with Gasteiger partial charge in [0, 0.05) is 18.9 Å². The second kappa shape index (κ2) is 12.4. The average Bonchev–Trinajstić information content (AvgIpc) is 2.92. The van der Waals surface area contributed by atoms with Gasteiger partial charge in [0.15, 0.2) is 0 Å². The van der Waals surface area contributed by atoms with Crippen LogP contribution in [0.4, 0.5) is 0 Å². The fraction of sp³-hybridized carbons (Fsp3) is 0.346. The van der Waals surface area contributed by atoms with Crippen molar-refractivity contribution in [1.29, 1.82) is 0 Å². The Bertz CT molecular complexity index is 1060. The van der Waals surface area contributed by atoms with Crippen LogP contribution in [0.1, 0.15) is 34.6 Å². The van der Waals surface area contributed by atoms with Crippen LogP contribution >= 0.6 is 0 Å². The Hall–Kier alpha value is -2.90. The van der Waals surface area contributed by atoms with Crippen molar-refractivity contribution in [1.82, 2.24) is 5.32 Å². The number of benzene rings is 1. The van der Waals surface area contributed by atoms with Crippen LogP contribution in [-0.4, -0.2) is 34.0 Å². The van der Waals surface area contributed by atoms with E-state index in [2.05, 4.69) is 18.5 Å². The molecule has 2 aliphatic rings. The summed E-state index contributed by atoms with van der Waals surface area (Å²) in [5, 5.41) is 2.90. The number of carbonyl (C=O) groups excluding carboxylic acids is 1. The first-order valence-electron chi connectivity index (χ1n) is 10.7. The molecule has 6 nitrogen and oxygen atoms in total. The third-order valence-corrected chi connectivity index (χ3v) is 6.71. The number of nitrogens with one attached hydrogen (secondary N) is 1. The van der Waals surface area contributed by atoms with E-state index in [-0.39, 0.29) is 27.8 Å². The highest BCUT2D eigenvalue weighted by atomic mass is 32.2. The molecule has 0 saturated heterocycles. The molecule has 1 aromatic rings. The second-order valence-corrected chi connectivity index (χ2v) is 9.73. The van der Waals surface area contributed by atoms with Crippen LogP contribution in [-0.2, 0) is 19.4 Å². The van der Waals surface area contributed by atoms with E-state index in [0.29, 0.717) is 23.1 Å². The summed E-state index contributed by atoms with van der Waals surface area (Å²) in [4.78, 5) is 11.8. The molecule has 0 bridgehead atoms. The highest BCUT2D eigenvalue weighted by Crippen LogP contribution is 2.42. The van der Waals surface area contributed by atoms with Crippen LogP contribution < -0.4 is 10.1 Å². The zero-order chi connectivity index (χ0) is 25.2. The Morgan fingerprint density at radius 2 is 1.82 bits per heavy atom. The van der Waals surface area contributed by atoms with Gasteiger partial charge in [0.2, 0.25) is 9.84 Å². The highest BCUT2D eigenvalue weighted by Gasteiger charge is 2.40. The molecule has 3 rings (SSSR count). The molecule has 0 spiro atoms. The highest BCUT2D eigenvalue weighted by molar-refractivity contribution is 7.95. The Morgan fingerprint density at radius 1 is 1.21 bits per heavy atom. The quantitative estimate of drug-likeness (QED) is 0.483. The van der Waals surface area contributed by atoms with Crippen molar-refractivity contribution >= 4 is 16.1 Å². The summed E-state index contributed by atoms with van der Waals surface area (Å²) in [6.45, 7) is 17.5. The van der Waals surface area contributed by atoms with E-state index in [1.165, 1.54) is 24.4 Å². The zero-order valence-electron chi connectivity index (χ0n) is 20.3. The summed E-state index contributed by atoms with van der Waals surface area (Å²) in [5.41, 5.74) is 1.32. The molecule has 33 heavy (non-hydrogen) atoms. The van der Waals surface area contributed by atoms with E-state index in [9.17, 15) is 13.2 Å². The van der Waals surface area contributed by atoms with Crippen molar-refractivity contribution in [2.45, 2.75) is 45.1 Å². The minimum absolute atomic E-state index is 0.0417. The summed E-state index contributed by atoms with van der Waals surface area (Å²) < 4.78 is 37.3. The van der Waals surface area contributed by atoms with E-state index in [1.54, 1.807) is 31.4 Å². The molecule has 0 radical (unpaired) electrons. The first kappa shape index (κ1) is 28.1. The number of aldehydes is 1. The van der Waals surface area contributed by atoms with Gasteiger partial charge in [0.25, 0.3) is 0 Å². The number of allylic oxidation sites excluding steroid dienone is 6. The van der Waals surface area contributed by atoms with Crippen LogP contribution in [0, 0.1) is 5.92 Å². The maximum Gasteiger partial charge on any atom is 0.209 e. The molecular formula is C26H35NO5S. The molecule has 2 aliphatic heterocycles. The van der Waals surface area contributed by atoms with Gasteiger partial charge in [-0.05, 0) is 38.5 Å². The van der Waals surface area contributed by atoms with E-state index < -0.39 is 15.8 Å². The fourth-order valence-electron chi connectivity index (χ4n) is 3.00. The third kappa shape index (κ3) is 6.79. The number of rotatable bonds is 4. The van der Waals surface area contributed by atoms with Gasteiger partial charge < -0.3 is 14.8 Å². The standard InChI is InChI=1S/C19H17NO4S.C5H12O.C2H6/c1-3-7-13(4-2)18-14(11-21)10-20-15-12-24-16-8-5-6-9-17(16)25(22,23)19(15)18;1-5(2,3)6-4;1-2/h3-11,18,20H,1-2,12H2;1-4H3;1-2H3/b13-7+;;. The molecule has 1 unspecified atom stereocenters. The minimum Gasteiger partial charge on any atom is -0.486 e. The van der Waals surface area contributed by atoms with Gasteiger partial charge in [-0.2, -0.15) is 0 Å². The lowest BCUT2D eigenvalue weighted by molar-refractivity contribution is -0.105. The largest absolute Gasteiger partial charge is 0.486 e. The lowest BCUT2D eigenvalue weighted by Gasteiger charge is -2.27. The Balaban J connectivity index is 0.000000593. The third-order valence-electron chi connectivity index (χ3n) is 4.73. The van der Waals surface area contributed by atoms with Gasteiger partial charge in [0.05, 0.1) is 22.1 Å². The van der Waals surface area contributed by atoms with Gasteiger partial charge in [-0.25, -0.2) is 8.42 Å². The number of para-hydroxylation sites is 1. The monoisotopic (exact) mass is 473 g/mol. The van der Waals surface area contributed by atoms with E-state index >= 15 is 0 Å². The van der Waals surface area contributed by atoms with Crippen molar-refractivity contribution in [3.8, 4) is 5.75 Å².